The molecule has 0 bridgehead atoms. The fraction of sp³-hybridized carbons (Fsp3) is 0.0488. The van der Waals surface area contributed by atoms with Crippen LogP contribution in [-0.4, -0.2) is 113 Å². The Labute approximate surface area is 412 Å². The van der Waals surface area contributed by atoms with E-state index in [2.05, 4.69) is 4.98 Å². The van der Waals surface area contributed by atoms with E-state index in [0.717, 1.165) is 41.2 Å². The van der Waals surface area contributed by atoms with Crippen LogP contribution in [-0.2, 0) is 12.4 Å². The van der Waals surface area contributed by atoms with Crippen LogP contribution >= 0.6 is 0 Å². The Kier molecular flexibility index (Phi) is 25.0. The van der Waals surface area contributed by atoms with Gasteiger partial charge in [0.15, 0.2) is 11.6 Å². The molecule has 0 atom stereocenters. The Balaban J connectivity index is 0.000000307. The normalized spacial score (nSPS) is 10.5. The number of nitro benzene ring substituents is 1. The minimum Gasteiger partial charge on any atom is -0.423 e. The average molecular weight is 1050 g/mol. The highest BCUT2D eigenvalue weighted by molar-refractivity contribution is 6.62. The molecule has 0 aliphatic carbocycles. The van der Waals surface area contributed by atoms with Crippen molar-refractivity contribution in [2.75, 3.05) is 0 Å². The third kappa shape index (κ3) is 21.8. The second kappa shape index (κ2) is 29.2. The number of rotatable bonds is 7. The second-order valence-electron chi connectivity index (χ2n) is 14.3. The van der Waals surface area contributed by atoms with E-state index in [1.165, 1.54) is 48.5 Å². The number of nitro groups is 1. The molecule has 0 aliphatic rings. The van der Waals surface area contributed by atoms with Gasteiger partial charge in [-0.05, 0) is 92.8 Å². The quantitative estimate of drug-likeness (QED) is 0.0411. The van der Waals surface area contributed by atoms with Gasteiger partial charge in [0.05, 0.1) is 21.6 Å². The van der Waals surface area contributed by atoms with E-state index in [0.29, 0.717) is 17.0 Å². The summed E-state index contributed by atoms with van der Waals surface area (Å²) in [5, 5.41) is 115. The lowest BCUT2D eigenvalue weighted by molar-refractivity contribution is -0.384. The molecule has 12 N–H and O–H groups in total. The van der Waals surface area contributed by atoms with Gasteiger partial charge in [0.1, 0.15) is 17.5 Å². The van der Waals surface area contributed by atoms with Gasteiger partial charge in [-0.25, -0.2) is 22.0 Å². The molecule has 1 aromatic heterocycles. The van der Waals surface area contributed by atoms with E-state index in [1.54, 1.807) is 24.4 Å². The van der Waals surface area contributed by atoms with Gasteiger partial charge in [-0.1, -0.05) is 60.7 Å². The Hall–Kier alpha value is -6.73. The van der Waals surface area contributed by atoms with E-state index in [-0.39, 0.29) is 46.1 Å². The standard InChI is InChI=1S/C9H8BNO2.C8H5BF6O2.2C6H5BF2O2.C6H6BFO2.C6H6BNO4/c12-10(13)8-4-1-5-9-7(8)3-2-6-11-9;10-7(11,12)4-1-5(8(13,14)15)3-6(2-4)9(16)17;8-5-1-4(7(10)11)2-6(9)3-5;8-5-2-1-4(7(10)11)3-6(5)9;8-6-3-1-5(2-4-6)7(9)10;9-7(10)5-1-3-6(4-2-5)8(11)12/h1-6,12-13H;1-3,16-17H;2*1-3,10-11H;1-4,9-10H;1-4,9-10H. The predicted molar refractivity (Wildman–Crippen MR) is 249 cm³/mol. The summed E-state index contributed by atoms with van der Waals surface area (Å²) >= 11 is 0. The zero-order chi connectivity index (χ0) is 56.2. The topological polar surface area (TPSA) is 299 Å². The number of pyridine rings is 1. The van der Waals surface area contributed by atoms with Crippen LogP contribution in [0.1, 0.15) is 11.1 Å². The maximum atomic E-state index is 12.3. The Morgan fingerprint density at radius 2 is 0.851 bits per heavy atom. The predicted octanol–water partition coefficient (Wildman–Crippen LogP) is -0.612. The van der Waals surface area contributed by atoms with E-state index in [1.807, 2.05) is 12.1 Å². The molecular weight excluding hydrogens is 1020 g/mol. The molecule has 74 heavy (non-hydrogen) atoms. The molecule has 388 valence electrons. The smallest absolute Gasteiger partial charge is 0.423 e. The van der Waals surface area contributed by atoms with E-state index in [4.69, 9.17) is 60.3 Å². The first-order valence-corrected chi connectivity index (χ1v) is 20.0. The first-order valence-electron chi connectivity index (χ1n) is 20.0. The Bertz CT molecular complexity index is 2800. The molecule has 0 amide bonds. The van der Waals surface area contributed by atoms with Crippen LogP contribution in [0.4, 0.5) is 54.0 Å². The molecule has 33 heteroatoms. The van der Waals surface area contributed by atoms with Crippen LogP contribution < -0.4 is 32.8 Å². The molecule has 16 nitrogen and oxygen atoms in total. The van der Waals surface area contributed by atoms with Crippen LogP contribution in [0, 0.1) is 39.2 Å². The molecule has 0 spiro atoms. The van der Waals surface area contributed by atoms with E-state index in [9.17, 15) is 58.4 Å². The van der Waals surface area contributed by atoms with Crippen LogP contribution in [0.25, 0.3) is 10.9 Å². The Morgan fingerprint density at radius 3 is 1.26 bits per heavy atom. The number of hydrogen-bond donors (Lipinski definition) is 12. The maximum absolute atomic E-state index is 12.3. The van der Waals surface area contributed by atoms with Gasteiger partial charge in [-0.2, -0.15) is 26.3 Å². The first-order chi connectivity index (χ1) is 34.3. The van der Waals surface area contributed by atoms with Gasteiger partial charge < -0.3 is 60.3 Å². The summed E-state index contributed by atoms with van der Waals surface area (Å²) in [6, 6.07) is 24.3. The van der Waals surface area contributed by atoms with Crippen molar-refractivity contribution < 1.29 is 114 Å². The minimum atomic E-state index is -5.00. The maximum Gasteiger partial charge on any atom is 0.489 e. The highest BCUT2D eigenvalue weighted by Crippen LogP contribution is 2.34. The highest BCUT2D eigenvalue weighted by Gasteiger charge is 2.38. The van der Waals surface area contributed by atoms with Crippen molar-refractivity contribution in [3.05, 3.63) is 190 Å². The fourth-order valence-corrected chi connectivity index (χ4v) is 5.28. The van der Waals surface area contributed by atoms with Crippen molar-refractivity contribution in [3.8, 4) is 0 Å². The second-order valence-corrected chi connectivity index (χ2v) is 14.3. The largest absolute Gasteiger partial charge is 0.489 e. The summed E-state index contributed by atoms with van der Waals surface area (Å²) in [7, 11) is -10.5. The van der Waals surface area contributed by atoms with Crippen molar-refractivity contribution in [2.24, 2.45) is 0 Å². The molecule has 0 saturated carbocycles. The molecule has 1 heterocycles. The van der Waals surface area contributed by atoms with Crippen molar-refractivity contribution in [3.63, 3.8) is 0 Å². The molecule has 0 saturated heterocycles. The zero-order valence-electron chi connectivity index (χ0n) is 37.0. The van der Waals surface area contributed by atoms with Gasteiger partial charge in [0.25, 0.3) is 5.69 Å². The number of aromatic nitrogens is 1. The lowest BCUT2D eigenvalue weighted by Gasteiger charge is -2.13. The van der Waals surface area contributed by atoms with Crippen molar-refractivity contribution >= 4 is 92.1 Å². The van der Waals surface area contributed by atoms with E-state index >= 15 is 0 Å². The summed E-state index contributed by atoms with van der Waals surface area (Å²) in [4.78, 5) is 13.7. The summed E-state index contributed by atoms with van der Waals surface area (Å²) in [5.74, 6) is -4.13. The fourth-order valence-electron chi connectivity index (χ4n) is 5.28. The van der Waals surface area contributed by atoms with Gasteiger partial charge in [0.2, 0.25) is 0 Å². The third-order valence-corrected chi connectivity index (χ3v) is 8.86. The molecular formula is C41H35B6F11N2O14. The lowest BCUT2D eigenvalue weighted by atomic mass is 9.78. The molecule has 0 radical (unpaired) electrons. The molecule has 7 aromatic rings. The van der Waals surface area contributed by atoms with Gasteiger partial charge in [0, 0.05) is 24.4 Å². The van der Waals surface area contributed by atoms with Gasteiger partial charge >= 0.3 is 55.1 Å². The van der Waals surface area contributed by atoms with Crippen LogP contribution in [0.2, 0.25) is 0 Å². The number of non-ortho nitro benzene ring substituents is 1. The number of halogens is 11. The monoisotopic (exact) mass is 1050 g/mol. The summed E-state index contributed by atoms with van der Waals surface area (Å²) < 4.78 is 135. The molecule has 6 aromatic carbocycles. The van der Waals surface area contributed by atoms with Crippen LogP contribution in [0.5, 0.6) is 0 Å². The molecule has 0 unspecified atom stereocenters. The number of alkyl halides is 6. The van der Waals surface area contributed by atoms with E-state index < -0.39 is 99.8 Å². The van der Waals surface area contributed by atoms with Crippen LogP contribution in [0.15, 0.2) is 140 Å². The minimum absolute atomic E-state index is 0.0658. The van der Waals surface area contributed by atoms with Crippen molar-refractivity contribution in [1.29, 1.82) is 0 Å². The molecule has 0 fully saturated rings. The first kappa shape index (κ1) is 63.4. The number of benzene rings is 6. The average Bonchev–Trinajstić information content (AvgIpc) is 3.32. The van der Waals surface area contributed by atoms with Gasteiger partial charge in [-0.15, -0.1) is 0 Å². The Morgan fingerprint density at radius 1 is 0.419 bits per heavy atom. The summed E-state index contributed by atoms with van der Waals surface area (Å²) in [6.45, 7) is 0. The highest BCUT2D eigenvalue weighted by atomic mass is 19.4. The number of hydrogen-bond acceptors (Lipinski definition) is 15. The molecule has 7 rings (SSSR count). The third-order valence-electron chi connectivity index (χ3n) is 8.86. The van der Waals surface area contributed by atoms with Gasteiger partial charge in [-0.3, -0.25) is 15.1 Å². The number of fused-ring (bicyclic) bond motifs is 1. The SMILES string of the molecule is O=[N+]([O-])c1ccc(B(O)O)cc1.OB(O)c1cc(C(F)(F)F)cc(C(F)(F)F)c1.OB(O)c1cc(F)cc(F)c1.OB(O)c1ccc(F)c(F)c1.OB(O)c1ccc(F)cc1.OB(O)c1cccc2ncccc12. The number of nitrogens with zero attached hydrogens (tertiary/aromatic N) is 2. The molecule has 0 aliphatic heterocycles. The van der Waals surface area contributed by atoms with Crippen molar-refractivity contribution in [1.82, 2.24) is 4.98 Å². The van der Waals surface area contributed by atoms with Crippen molar-refractivity contribution in [2.45, 2.75) is 12.4 Å². The summed E-state index contributed by atoms with van der Waals surface area (Å²) in [5.41, 5.74) is -2.58. The van der Waals surface area contributed by atoms with Crippen LogP contribution in [0.3, 0.4) is 0 Å². The zero-order valence-corrected chi connectivity index (χ0v) is 37.0. The summed E-state index contributed by atoms with van der Waals surface area (Å²) in [6.07, 6.45) is -8.31. The lowest BCUT2D eigenvalue weighted by Crippen LogP contribution is -2.32.